The molecule has 92 valence electrons. The summed E-state index contributed by atoms with van der Waals surface area (Å²) in [7, 11) is 0. The number of hydrogen-bond donors (Lipinski definition) is 1. The minimum Gasteiger partial charge on any atom is -0.366 e. The van der Waals surface area contributed by atoms with Crippen molar-refractivity contribution in [1.82, 2.24) is 4.98 Å². The number of aromatic nitrogens is 1. The number of pyridine rings is 1. The SMILES string of the molecule is CC(C)(F)CNc1nc2ccccc2cc1C#N. The van der Waals surface area contributed by atoms with E-state index in [0.717, 1.165) is 10.9 Å². The summed E-state index contributed by atoms with van der Waals surface area (Å²) in [6.45, 7) is 3.08. The molecule has 2 aromatic rings. The minimum atomic E-state index is -1.35. The molecule has 1 heterocycles. The number of nitriles is 1. The second kappa shape index (κ2) is 4.61. The molecule has 0 fully saturated rings. The predicted octanol–water partition coefficient (Wildman–Crippen LogP) is 3.27. The summed E-state index contributed by atoms with van der Waals surface area (Å²) in [5.74, 6) is 0.432. The van der Waals surface area contributed by atoms with E-state index in [0.29, 0.717) is 11.4 Å². The lowest BCUT2D eigenvalue weighted by atomic mass is 10.1. The van der Waals surface area contributed by atoms with Crippen LogP contribution in [0.4, 0.5) is 10.2 Å². The van der Waals surface area contributed by atoms with Crippen LogP contribution in [-0.4, -0.2) is 17.2 Å². The zero-order chi connectivity index (χ0) is 13.2. The molecule has 0 saturated carbocycles. The van der Waals surface area contributed by atoms with Gasteiger partial charge in [0.2, 0.25) is 0 Å². The number of anilines is 1. The summed E-state index contributed by atoms with van der Waals surface area (Å²) in [6, 6.07) is 11.4. The fourth-order valence-electron chi connectivity index (χ4n) is 1.63. The van der Waals surface area contributed by atoms with Crippen LogP contribution in [0, 0.1) is 11.3 Å². The van der Waals surface area contributed by atoms with E-state index in [4.69, 9.17) is 5.26 Å². The largest absolute Gasteiger partial charge is 0.366 e. The topological polar surface area (TPSA) is 48.7 Å². The molecule has 0 aliphatic heterocycles. The number of alkyl halides is 1. The molecule has 0 radical (unpaired) electrons. The van der Waals surface area contributed by atoms with E-state index in [2.05, 4.69) is 16.4 Å². The number of fused-ring (bicyclic) bond motifs is 1. The molecule has 1 aromatic carbocycles. The van der Waals surface area contributed by atoms with E-state index >= 15 is 0 Å². The van der Waals surface area contributed by atoms with Gasteiger partial charge in [0, 0.05) is 11.9 Å². The van der Waals surface area contributed by atoms with Crippen molar-refractivity contribution in [2.45, 2.75) is 19.5 Å². The third-order valence-electron chi connectivity index (χ3n) is 2.52. The highest BCUT2D eigenvalue weighted by Gasteiger charge is 2.16. The van der Waals surface area contributed by atoms with Crippen molar-refractivity contribution in [2.75, 3.05) is 11.9 Å². The lowest BCUT2D eigenvalue weighted by molar-refractivity contribution is 0.235. The number of benzene rings is 1. The highest BCUT2D eigenvalue weighted by Crippen LogP contribution is 2.20. The zero-order valence-corrected chi connectivity index (χ0v) is 10.4. The summed E-state index contributed by atoms with van der Waals surface area (Å²) < 4.78 is 13.5. The van der Waals surface area contributed by atoms with Crippen molar-refractivity contribution in [1.29, 1.82) is 5.26 Å². The average Bonchev–Trinajstić information content (AvgIpc) is 2.34. The molecule has 3 nitrogen and oxygen atoms in total. The van der Waals surface area contributed by atoms with Gasteiger partial charge < -0.3 is 5.32 Å². The van der Waals surface area contributed by atoms with E-state index in [1.54, 1.807) is 6.07 Å². The molecule has 0 saturated heterocycles. The summed E-state index contributed by atoms with van der Waals surface area (Å²) >= 11 is 0. The Morgan fingerprint density at radius 2 is 2.11 bits per heavy atom. The van der Waals surface area contributed by atoms with Crippen LogP contribution in [0.3, 0.4) is 0 Å². The first-order chi connectivity index (χ1) is 8.49. The summed E-state index contributed by atoms with van der Waals surface area (Å²) in [6.07, 6.45) is 0. The molecule has 0 bridgehead atoms. The molecule has 18 heavy (non-hydrogen) atoms. The third kappa shape index (κ3) is 2.75. The van der Waals surface area contributed by atoms with Crippen molar-refractivity contribution in [3.05, 3.63) is 35.9 Å². The van der Waals surface area contributed by atoms with Gasteiger partial charge in [-0.15, -0.1) is 0 Å². The molecule has 0 aliphatic rings. The lowest BCUT2D eigenvalue weighted by Gasteiger charge is -2.16. The van der Waals surface area contributed by atoms with Gasteiger partial charge >= 0.3 is 0 Å². The fraction of sp³-hybridized carbons (Fsp3) is 0.286. The van der Waals surface area contributed by atoms with Gasteiger partial charge in [0.05, 0.1) is 11.1 Å². The standard InChI is InChI=1S/C14H14FN3/c1-14(2,15)9-17-13-11(8-16)7-10-5-3-4-6-12(10)18-13/h3-7H,9H2,1-2H3,(H,17,18). The van der Waals surface area contributed by atoms with E-state index in [-0.39, 0.29) is 6.54 Å². The zero-order valence-electron chi connectivity index (χ0n) is 10.4. The van der Waals surface area contributed by atoms with Gasteiger partial charge in [-0.1, -0.05) is 18.2 Å². The Bertz CT molecular complexity index is 608. The molecule has 0 aliphatic carbocycles. The molecule has 0 unspecified atom stereocenters. The summed E-state index contributed by atoms with van der Waals surface area (Å²) in [5.41, 5.74) is -0.131. The molecule has 4 heteroatoms. The molecule has 0 atom stereocenters. The van der Waals surface area contributed by atoms with Crippen molar-refractivity contribution in [2.24, 2.45) is 0 Å². The monoisotopic (exact) mass is 243 g/mol. The van der Waals surface area contributed by atoms with Crippen molar-refractivity contribution < 1.29 is 4.39 Å². The van der Waals surface area contributed by atoms with Crippen LogP contribution in [0.15, 0.2) is 30.3 Å². The Hall–Kier alpha value is -2.15. The van der Waals surface area contributed by atoms with Crippen LogP contribution in [0.25, 0.3) is 10.9 Å². The van der Waals surface area contributed by atoms with Crippen LogP contribution in [-0.2, 0) is 0 Å². The highest BCUT2D eigenvalue weighted by atomic mass is 19.1. The van der Waals surface area contributed by atoms with Crippen LogP contribution in [0.5, 0.6) is 0 Å². The predicted molar refractivity (Wildman–Crippen MR) is 70.1 cm³/mol. The number of hydrogen-bond acceptors (Lipinski definition) is 3. The van der Waals surface area contributed by atoms with Gasteiger partial charge in [0.15, 0.2) is 0 Å². The van der Waals surface area contributed by atoms with Gasteiger partial charge in [-0.05, 0) is 26.0 Å². The lowest BCUT2D eigenvalue weighted by Crippen LogP contribution is -2.25. The van der Waals surface area contributed by atoms with Gasteiger partial charge in [-0.2, -0.15) is 5.26 Å². The number of nitrogens with zero attached hydrogens (tertiary/aromatic N) is 2. The van der Waals surface area contributed by atoms with Crippen LogP contribution < -0.4 is 5.32 Å². The Morgan fingerprint density at radius 1 is 1.39 bits per heavy atom. The first kappa shape index (κ1) is 12.3. The maximum atomic E-state index is 13.5. The van der Waals surface area contributed by atoms with Crippen molar-refractivity contribution >= 4 is 16.7 Å². The highest BCUT2D eigenvalue weighted by molar-refractivity contribution is 5.82. The van der Waals surface area contributed by atoms with Crippen molar-refractivity contribution in [3.8, 4) is 6.07 Å². The number of rotatable bonds is 3. The van der Waals surface area contributed by atoms with E-state index in [1.807, 2.05) is 24.3 Å². The summed E-state index contributed by atoms with van der Waals surface area (Å²) in [4.78, 5) is 4.35. The molecule has 2 rings (SSSR count). The van der Waals surface area contributed by atoms with Crippen molar-refractivity contribution in [3.63, 3.8) is 0 Å². The van der Waals surface area contributed by atoms with Gasteiger partial charge in [0.1, 0.15) is 17.6 Å². The average molecular weight is 243 g/mol. The van der Waals surface area contributed by atoms with E-state index in [1.165, 1.54) is 13.8 Å². The normalized spacial score (nSPS) is 11.2. The summed E-state index contributed by atoms with van der Waals surface area (Å²) in [5, 5.41) is 12.9. The molecule has 1 N–H and O–H groups in total. The molecule has 1 aromatic heterocycles. The Kier molecular flexibility index (Phi) is 3.15. The van der Waals surface area contributed by atoms with Crippen LogP contribution in [0.2, 0.25) is 0 Å². The first-order valence-corrected chi connectivity index (χ1v) is 5.72. The van der Waals surface area contributed by atoms with Crippen LogP contribution in [0.1, 0.15) is 19.4 Å². The maximum Gasteiger partial charge on any atom is 0.144 e. The van der Waals surface area contributed by atoms with Gasteiger partial charge in [0.25, 0.3) is 0 Å². The molecule has 0 amide bonds. The number of nitrogens with one attached hydrogen (secondary N) is 1. The Labute approximate surface area is 105 Å². The Balaban J connectivity index is 2.40. The van der Waals surface area contributed by atoms with E-state index < -0.39 is 5.67 Å². The van der Waals surface area contributed by atoms with Gasteiger partial charge in [-0.25, -0.2) is 9.37 Å². The number of halogens is 1. The van der Waals surface area contributed by atoms with Gasteiger partial charge in [-0.3, -0.25) is 0 Å². The maximum absolute atomic E-state index is 13.5. The number of para-hydroxylation sites is 1. The smallest absolute Gasteiger partial charge is 0.144 e. The minimum absolute atomic E-state index is 0.118. The quantitative estimate of drug-likeness (QED) is 0.900. The first-order valence-electron chi connectivity index (χ1n) is 5.72. The third-order valence-corrected chi connectivity index (χ3v) is 2.52. The second-order valence-corrected chi connectivity index (χ2v) is 4.76. The molecular weight excluding hydrogens is 229 g/mol. The Morgan fingerprint density at radius 3 is 2.78 bits per heavy atom. The fourth-order valence-corrected chi connectivity index (χ4v) is 1.63. The molecule has 0 spiro atoms. The molecular formula is C14H14FN3. The van der Waals surface area contributed by atoms with Crippen LogP contribution >= 0.6 is 0 Å². The second-order valence-electron chi connectivity index (χ2n) is 4.76. The van der Waals surface area contributed by atoms with E-state index in [9.17, 15) is 4.39 Å².